The van der Waals surface area contributed by atoms with E-state index in [2.05, 4.69) is 25.5 Å². The molecule has 0 aliphatic carbocycles. The Hall–Kier alpha value is -3.46. The van der Waals surface area contributed by atoms with E-state index in [1.807, 2.05) is 0 Å². The molecular formula is C22H18F3N5O. The van der Waals surface area contributed by atoms with Crippen LogP contribution in [-0.2, 0) is 0 Å². The van der Waals surface area contributed by atoms with E-state index in [9.17, 15) is 13.2 Å². The zero-order valence-corrected chi connectivity index (χ0v) is 16.3. The standard InChI is InChI=1S/C22H18F3N5O/c23-14-6-7-26-10-19(14)31-20-11-27-9-18(28-20)22-13-8-12(4-5-17(13)29-30-22)21-15(24)2-1-3-16(21)25/h1-5,8-9,11,14,19,26H,6-7,10H2,(H,29,30)/t14-,19-/m1/s1. The minimum atomic E-state index is -1.09. The number of hydrogen-bond acceptors (Lipinski definition) is 5. The summed E-state index contributed by atoms with van der Waals surface area (Å²) in [6.45, 7) is 0.993. The summed E-state index contributed by atoms with van der Waals surface area (Å²) in [6.07, 6.45) is 1.56. The molecule has 0 amide bonds. The van der Waals surface area contributed by atoms with Crippen LogP contribution in [0.3, 0.4) is 0 Å². The second-order valence-corrected chi connectivity index (χ2v) is 7.34. The third-order valence-corrected chi connectivity index (χ3v) is 5.29. The molecule has 1 saturated heterocycles. The van der Waals surface area contributed by atoms with Crippen molar-refractivity contribution in [3.05, 3.63) is 60.4 Å². The fourth-order valence-corrected chi connectivity index (χ4v) is 3.73. The van der Waals surface area contributed by atoms with Gasteiger partial charge in [0, 0.05) is 11.9 Å². The van der Waals surface area contributed by atoms with Crippen molar-refractivity contribution in [2.75, 3.05) is 13.1 Å². The Kier molecular flexibility index (Phi) is 5.03. The number of aromatic nitrogens is 4. The van der Waals surface area contributed by atoms with Gasteiger partial charge in [-0.25, -0.2) is 18.2 Å². The Balaban J connectivity index is 1.52. The second-order valence-electron chi connectivity index (χ2n) is 7.34. The van der Waals surface area contributed by atoms with Crippen LogP contribution < -0.4 is 10.1 Å². The van der Waals surface area contributed by atoms with E-state index < -0.39 is 23.9 Å². The van der Waals surface area contributed by atoms with E-state index in [0.717, 1.165) is 0 Å². The van der Waals surface area contributed by atoms with Crippen LogP contribution in [-0.4, -0.2) is 45.5 Å². The fourth-order valence-electron chi connectivity index (χ4n) is 3.73. The summed E-state index contributed by atoms with van der Waals surface area (Å²) in [5.41, 5.74) is 1.78. The van der Waals surface area contributed by atoms with Gasteiger partial charge in [-0.1, -0.05) is 12.1 Å². The number of hydrogen-bond donors (Lipinski definition) is 2. The molecule has 6 nitrogen and oxygen atoms in total. The molecule has 5 rings (SSSR count). The molecule has 2 aromatic carbocycles. The van der Waals surface area contributed by atoms with Crippen LogP contribution in [0.25, 0.3) is 33.4 Å². The Morgan fingerprint density at radius 2 is 1.90 bits per heavy atom. The number of ether oxygens (including phenoxy) is 1. The number of piperidine rings is 1. The first-order valence-electron chi connectivity index (χ1n) is 9.86. The molecule has 1 aliphatic heterocycles. The first kappa shape index (κ1) is 19.5. The molecule has 1 fully saturated rings. The van der Waals surface area contributed by atoms with Crippen molar-refractivity contribution in [3.8, 4) is 28.4 Å². The molecule has 2 aromatic heterocycles. The van der Waals surface area contributed by atoms with E-state index in [-0.39, 0.29) is 11.4 Å². The number of nitrogens with one attached hydrogen (secondary N) is 2. The largest absolute Gasteiger partial charge is 0.469 e. The minimum Gasteiger partial charge on any atom is -0.469 e. The summed E-state index contributed by atoms with van der Waals surface area (Å²) >= 11 is 0. The Morgan fingerprint density at radius 3 is 2.71 bits per heavy atom. The number of H-pyrrole nitrogens is 1. The van der Waals surface area contributed by atoms with Gasteiger partial charge >= 0.3 is 0 Å². The predicted octanol–water partition coefficient (Wildman–Crippen LogP) is 4.04. The lowest BCUT2D eigenvalue weighted by atomic mass is 10.0. The topological polar surface area (TPSA) is 75.7 Å². The second kappa shape index (κ2) is 7.99. The number of rotatable bonds is 4. The van der Waals surface area contributed by atoms with Gasteiger partial charge in [-0.05, 0) is 42.8 Å². The van der Waals surface area contributed by atoms with Crippen LogP contribution in [0.5, 0.6) is 5.88 Å². The molecule has 31 heavy (non-hydrogen) atoms. The molecule has 1 aliphatic rings. The molecule has 0 bridgehead atoms. The number of nitrogens with zero attached hydrogens (tertiary/aromatic N) is 3. The van der Waals surface area contributed by atoms with E-state index in [0.29, 0.717) is 47.4 Å². The highest BCUT2D eigenvalue weighted by atomic mass is 19.1. The molecule has 0 saturated carbocycles. The molecular weight excluding hydrogens is 407 g/mol. The fraction of sp³-hybridized carbons (Fsp3) is 0.227. The number of benzene rings is 2. The van der Waals surface area contributed by atoms with E-state index in [1.165, 1.54) is 30.6 Å². The van der Waals surface area contributed by atoms with Gasteiger partial charge in [-0.15, -0.1) is 0 Å². The van der Waals surface area contributed by atoms with Crippen molar-refractivity contribution in [2.24, 2.45) is 0 Å². The minimum absolute atomic E-state index is 0.112. The van der Waals surface area contributed by atoms with Gasteiger partial charge in [-0.3, -0.25) is 10.1 Å². The first-order chi connectivity index (χ1) is 15.1. The van der Waals surface area contributed by atoms with Crippen molar-refractivity contribution in [2.45, 2.75) is 18.7 Å². The SMILES string of the molecule is Fc1cccc(F)c1-c1ccc2[nH]nc(-c3cncc(O[C@@H]4CNCC[C@H]4F)n3)c2c1. The Labute approximate surface area is 175 Å². The summed E-state index contributed by atoms with van der Waals surface area (Å²) in [7, 11) is 0. The predicted molar refractivity (Wildman–Crippen MR) is 109 cm³/mol. The summed E-state index contributed by atoms with van der Waals surface area (Å²) in [4.78, 5) is 8.56. The number of aromatic amines is 1. The summed E-state index contributed by atoms with van der Waals surface area (Å²) in [5, 5.41) is 10.9. The van der Waals surface area contributed by atoms with Crippen LogP contribution in [0.1, 0.15) is 6.42 Å². The van der Waals surface area contributed by atoms with Gasteiger partial charge in [0.25, 0.3) is 0 Å². The zero-order chi connectivity index (χ0) is 21.4. The molecule has 2 atom stereocenters. The first-order valence-corrected chi connectivity index (χ1v) is 9.86. The molecule has 2 N–H and O–H groups in total. The van der Waals surface area contributed by atoms with E-state index >= 15 is 0 Å². The van der Waals surface area contributed by atoms with Crippen molar-refractivity contribution >= 4 is 10.9 Å². The maximum atomic E-state index is 14.3. The summed E-state index contributed by atoms with van der Waals surface area (Å²) in [6, 6.07) is 8.71. The van der Waals surface area contributed by atoms with Crippen LogP contribution in [0.2, 0.25) is 0 Å². The monoisotopic (exact) mass is 425 g/mol. The molecule has 0 spiro atoms. The molecule has 9 heteroatoms. The molecule has 3 heterocycles. The highest BCUT2D eigenvalue weighted by Gasteiger charge is 2.27. The van der Waals surface area contributed by atoms with E-state index in [4.69, 9.17) is 4.74 Å². The molecule has 158 valence electrons. The lowest BCUT2D eigenvalue weighted by Gasteiger charge is -2.26. The average molecular weight is 425 g/mol. The number of alkyl halides is 1. The molecule has 0 radical (unpaired) electrons. The summed E-state index contributed by atoms with van der Waals surface area (Å²) < 4.78 is 48.3. The summed E-state index contributed by atoms with van der Waals surface area (Å²) in [5.74, 6) is -1.12. The maximum Gasteiger partial charge on any atom is 0.233 e. The Morgan fingerprint density at radius 1 is 1.06 bits per heavy atom. The van der Waals surface area contributed by atoms with Crippen molar-refractivity contribution in [3.63, 3.8) is 0 Å². The highest BCUT2D eigenvalue weighted by Crippen LogP contribution is 2.32. The lowest BCUT2D eigenvalue weighted by molar-refractivity contribution is 0.0705. The van der Waals surface area contributed by atoms with Crippen LogP contribution in [0, 0.1) is 11.6 Å². The third kappa shape index (κ3) is 3.72. The lowest BCUT2D eigenvalue weighted by Crippen LogP contribution is -2.45. The van der Waals surface area contributed by atoms with Crippen molar-refractivity contribution < 1.29 is 17.9 Å². The van der Waals surface area contributed by atoms with E-state index in [1.54, 1.807) is 18.2 Å². The average Bonchev–Trinajstić information content (AvgIpc) is 3.19. The van der Waals surface area contributed by atoms with Crippen molar-refractivity contribution in [1.29, 1.82) is 0 Å². The van der Waals surface area contributed by atoms with Gasteiger partial charge in [0.2, 0.25) is 5.88 Å². The number of fused-ring (bicyclic) bond motifs is 1. The van der Waals surface area contributed by atoms with Crippen LogP contribution in [0.4, 0.5) is 13.2 Å². The zero-order valence-electron chi connectivity index (χ0n) is 16.3. The van der Waals surface area contributed by atoms with Gasteiger partial charge < -0.3 is 10.1 Å². The van der Waals surface area contributed by atoms with Crippen LogP contribution in [0.15, 0.2) is 48.8 Å². The third-order valence-electron chi connectivity index (χ3n) is 5.29. The van der Waals surface area contributed by atoms with Gasteiger partial charge in [0.05, 0.1) is 23.5 Å². The Bertz CT molecular complexity index is 1220. The van der Waals surface area contributed by atoms with Gasteiger partial charge in [0.1, 0.15) is 35.3 Å². The van der Waals surface area contributed by atoms with Gasteiger partial charge in [0.15, 0.2) is 0 Å². The van der Waals surface area contributed by atoms with Crippen molar-refractivity contribution in [1.82, 2.24) is 25.5 Å². The van der Waals surface area contributed by atoms with Crippen LogP contribution >= 0.6 is 0 Å². The highest BCUT2D eigenvalue weighted by molar-refractivity contribution is 5.94. The normalized spacial score (nSPS) is 18.9. The molecule has 4 aromatic rings. The number of halogens is 3. The van der Waals surface area contributed by atoms with Gasteiger partial charge in [-0.2, -0.15) is 5.10 Å². The maximum absolute atomic E-state index is 14.3. The smallest absolute Gasteiger partial charge is 0.233 e. The molecule has 0 unspecified atom stereocenters. The quantitative estimate of drug-likeness (QED) is 0.516.